The summed E-state index contributed by atoms with van der Waals surface area (Å²) in [5.74, 6) is 0.642. The van der Waals surface area contributed by atoms with E-state index >= 15 is 0 Å². The minimum absolute atomic E-state index is 0.179. The highest BCUT2D eigenvalue weighted by Crippen LogP contribution is 2.38. The van der Waals surface area contributed by atoms with Crippen molar-refractivity contribution in [3.05, 3.63) is 70.5 Å². The molecule has 0 atom stereocenters. The van der Waals surface area contributed by atoms with Crippen molar-refractivity contribution in [2.45, 2.75) is 0 Å². The van der Waals surface area contributed by atoms with Gasteiger partial charge in [-0.15, -0.1) is 11.3 Å². The fourth-order valence-electron chi connectivity index (χ4n) is 3.76. The van der Waals surface area contributed by atoms with E-state index in [9.17, 15) is 4.79 Å². The number of hydrogen-bond acceptors (Lipinski definition) is 6. The number of methoxy groups -OCH3 is 1. The summed E-state index contributed by atoms with van der Waals surface area (Å²) in [6.07, 6.45) is 1.73. The number of ether oxygens (including phenoxy) is 1. The molecule has 0 fully saturated rings. The van der Waals surface area contributed by atoms with Gasteiger partial charge in [-0.05, 0) is 24.3 Å². The maximum atomic E-state index is 13.4. The van der Waals surface area contributed by atoms with Crippen LogP contribution in [0.1, 0.15) is 0 Å². The molecule has 0 aliphatic rings. The monoisotopic (exact) mass is 399 g/mol. The molecule has 0 bridgehead atoms. The van der Waals surface area contributed by atoms with E-state index in [-0.39, 0.29) is 5.56 Å². The summed E-state index contributed by atoms with van der Waals surface area (Å²) in [6, 6.07) is 15.2. The Morgan fingerprint density at radius 3 is 2.76 bits per heavy atom. The molecule has 0 saturated carbocycles. The molecular formula is C22H13N3O3S. The summed E-state index contributed by atoms with van der Waals surface area (Å²) in [5.41, 5.74) is 3.52. The van der Waals surface area contributed by atoms with Crippen LogP contribution < -0.4 is 10.3 Å². The summed E-state index contributed by atoms with van der Waals surface area (Å²) in [5, 5.41) is 3.14. The van der Waals surface area contributed by atoms with Gasteiger partial charge in [-0.1, -0.05) is 24.3 Å². The first-order valence-corrected chi connectivity index (χ1v) is 9.88. The molecule has 0 amide bonds. The standard InChI is InChI=1S/C22H13N3O3S/c1-27-14-8-4-2-6-12(14)17-16-19(24-22-25(21(16)26)10-11-29-22)20-18(23-17)13-7-3-5-9-15(13)28-20/h2-11H,1H3. The van der Waals surface area contributed by atoms with E-state index in [2.05, 4.69) is 0 Å². The van der Waals surface area contributed by atoms with Gasteiger partial charge in [0, 0.05) is 22.5 Å². The van der Waals surface area contributed by atoms with Gasteiger partial charge < -0.3 is 9.15 Å². The Kier molecular flexibility index (Phi) is 3.30. The quantitative estimate of drug-likeness (QED) is 0.415. The van der Waals surface area contributed by atoms with Crippen LogP contribution >= 0.6 is 11.3 Å². The van der Waals surface area contributed by atoms with Crippen molar-refractivity contribution in [2.24, 2.45) is 0 Å². The lowest BCUT2D eigenvalue weighted by molar-refractivity contribution is 0.416. The second-order valence-electron chi connectivity index (χ2n) is 6.63. The van der Waals surface area contributed by atoms with Gasteiger partial charge in [-0.3, -0.25) is 9.20 Å². The van der Waals surface area contributed by atoms with Crippen LogP contribution in [0.5, 0.6) is 5.75 Å². The molecule has 7 heteroatoms. The van der Waals surface area contributed by atoms with Crippen molar-refractivity contribution in [3.63, 3.8) is 0 Å². The molecule has 4 heterocycles. The Balaban J connectivity index is 1.92. The molecule has 4 aromatic heterocycles. The number of hydrogen-bond donors (Lipinski definition) is 0. The molecule has 0 saturated heterocycles. The fourth-order valence-corrected chi connectivity index (χ4v) is 4.47. The highest BCUT2D eigenvalue weighted by Gasteiger charge is 2.22. The first-order valence-electron chi connectivity index (χ1n) is 9.00. The molecule has 0 N–H and O–H groups in total. The first-order chi connectivity index (χ1) is 14.3. The summed E-state index contributed by atoms with van der Waals surface area (Å²) in [6.45, 7) is 0. The van der Waals surface area contributed by atoms with Crippen LogP contribution in [0, 0.1) is 0 Å². The molecule has 0 radical (unpaired) electrons. The molecule has 0 aliphatic carbocycles. The molecule has 6 rings (SSSR count). The van der Waals surface area contributed by atoms with E-state index in [1.807, 2.05) is 53.9 Å². The lowest BCUT2D eigenvalue weighted by atomic mass is 10.1. The van der Waals surface area contributed by atoms with E-state index in [0.717, 1.165) is 10.9 Å². The Bertz CT molecular complexity index is 1630. The number of thiazole rings is 1. The van der Waals surface area contributed by atoms with Crippen LogP contribution in [0.25, 0.3) is 49.2 Å². The molecule has 6 aromatic rings. The number of nitrogens with zero attached hydrogens (tertiary/aromatic N) is 3. The number of furan rings is 1. The third-order valence-electron chi connectivity index (χ3n) is 5.07. The summed E-state index contributed by atoms with van der Waals surface area (Å²) >= 11 is 1.41. The lowest BCUT2D eigenvalue weighted by Crippen LogP contribution is -2.14. The van der Waals surface area contributed by atoms with Gasteiger partial charge in [-0.2, -0.15) is 0 Å². The van der Waals surface area contributed by atoms with Gasteiger partial charge in [-0.25, -0.2) is 9.97 Å². The summed E-state index contributed by atoms with van der Waals surface area (Å²) in [4.78, 5) is 23.7. The average molecular weight is 399 g/mol. The summed E-state index contributed by atoms with van der Waals surface area (Å²) < 4.78 is 13.2. The van der Waals surface area contributed by atoms with Crippen LogP contribution in [0.15, 0.2) is 69.3 Å². The second kappa shape index (κ2) is 5.89. The van der Waals surface area contributed by atoms with Gasteiger partial charge in [0.1, 0.15) is 22.4 Å². The van der Waals surface area contributed by atoms with Gasteiger partial charge in [0.2, 0.25) is 0 Å². The van der Waals surface area contributed by atoms with Crippen LogP contribution in [0.3, 0.4) is 0 Å². The van der Waals surface area contributed by atoms with Crippen molar-refractivity contribution in [3.8, 4) is 17.0 Å². The Morgan fingerprint density at radius 1 is 1.03 bits per heavy atom. The predicted octanol–water partition coefficient (Wildman–Crippen LogP) is 4.88. The van der Waals surface area contributed by atoms with Crippen LogP contribution in [-0.2, 0) is 0 Å². The Morgan fingerprint density at radius 2 is 1.86 bits per heavy atom. The molecule has 6 nitrogen and oxygen atoms in total. The number of pyridine rings is 1. The zero-order chi connectivity index (χ0) is 19.5. The molecule has 0 unspecified atom stereocenters. The van der Waals surface area contributed by atoms with Crippen molar-refractivity contribution in [1.29, 1.82) is 0 Å². The van der Waals surface area contributed by atoms with Crippen molar-refractivity contribution in [2.75, 3.05) is 7.11 Å². The van der Waals surface area contributed by atoms with Gasteiger partial charge in [0.15, 0.2) is 10.5 Å². The minimum Gasteiger partial charge on any atom is -0.496 e. The topological polar surface area (TPSA) is 69.6 Å². The van der Waals surface area contributed by atoms with E-state index in [1.165, 1.54) is 11.3 Å². The van der Waals surface area contributed by atoms with E-state index in [0.29, 0.717) is 44.0 Å². The predicted molar refractivity (Wildman–Crippen MR) is 114 cm³/mol. The number of fused-ring (bicyclic) bond motifs is 6. The molecule has 29 heavy (non-hydrogen) atoms. The smallest absolute Gasteiger partial charge is 0.268 e. The Labute approximate surface area is 167 Å². The Hall–Kier alpha value is -3.71. The molecular weight excluding hydrogens is 386 g/mol. The fraction of sp³-hybridized carbons (Fsp3) is 0.0455. The molecule has 2 aromatic carbocycles. The first kappa shape index (κ1) is 16.3. The number of rotatable bonds is 2. The third kappa shape index (κ3) is 2.19. The average Bonchev–Trinajstić information content (AvgIpc) is 3.38. The number of aromatic nitrogens is 3. The third-order valence-corrected chi connectivity index (χ3v) is 5.83. The molecule has 0 aliphatic heterocycles. The zero-order valence-corrected chi connectivity index (χ0v) is 16.1. The van der Waals surface area contributed by atoms with Crippen LogP contribution in [0.2, 0.25) is 0 Å². The highest BCUT2D eigenvalue weighted by molar-refractivity contribution is 7.15. The largest absolute Gasteiger partial charge is 0.496 e. The van der Waals surface area contributed by atoms with Gasteiger partial charge in [0.05, 0.1) is 18.2 Å². The van der Waals surface area contributed by atoms with Gasteiger partial charge in [0.25, 0.3) is 5.56 Å². The van der Waals surface area contributed by atoms with E-state index in [1.54, 1.807) is 17.7 Å². The van der Waals surface area contributed by atoms with Crippen molar-refractivity contribution >= 4 is 49.3 Å². The van der Waals surface area contributed by atoms with Crippen molar-refractivity contribution in [1.82, 2.24) is 14.4 Å². The highest BCUT2D eigenvalue weighted by atomic mass is 32.1. The van der Waals surface area contributed by atoms with E-state index in [4.69, 9.17) is 19.1 Å². The lowest BCUT2D eigenvalue weighted by Gasteiger charge is -2.10. The maximum Gasteiger partial charge on any atom is 0.268 e. The zero-order valence-electron chi connectivity index (χ0n) is 15.2. The second-order valence-corrected chi connectivity index (χ2v) is 7.51. The molecule has 0 spiro atoms. The number of benzene rings is 2. The molecule has 140 valence electrons. The van der Waals surface area contributed by atoms with Crippen molar-refractivity contribution < 1.29 is 9.15 Å². The maximum absolute atomic E-state index is 13.4. The minimum atomic E-state index is -0.179. The SMILES string of the molecule is COc1ccccc1-c1nc2c3ccccc3oc2c2nc3sccn3c(=O)c12. The number of para-hydroxylation sites is 2. The van der Waals surface area contributed by atoms with Crippen LogP contribution in [0.4, 0.5) is 0 Å². The van der Waals surface area contributed by atoms with Gasteiger partial charge >= 0.3 is 0 Å². The normalized spacial score (nSPS) is 11.8. The van der Waals surface area contributed by atoms with E-state index < -0.39 is 0 Å². The summed E-state index contributed by atoms with van der Waals surface area (Å²) in [7, 11) is 1.61. The van der Waals surface area contributed by atoms with Crippen LogP contribution in [-0.4, -0.2) is 21.5 Å².